The van der Waals surface area contributed by atoms with E-state index in [1.807, 2.05) is 0 Å². The zero-order chi connectivity index (χ0) is 13.4. The largest absolute Gasteiger partial charge is 0.271 e. The predicted octanol–water partition coefficient (Wildman–Crippen LogP) is 3.31. The Morgan fingerprint density at radius 3 is 2.84 bits per heavy atom. The van der Waals surface area contributed by atoms with Crippen molar-refractivity contribution in [2.75, 3.05) is 0 Å². The van der Waals surface area contributed by atoms with Crippen LogP contribution in [0.15, 0.2) is 24.3 Å². The smallest absolute Gasteiger partial charge is 0.258 e. The Morgan fingerprint density at radius 2 is 2.11 bits per heavy atom. The molecule has 0 unspecified atom stereocenters. The Bertz CT molecular complexity index is 651. The van der Waals surface area contributed by atoms with Gasteiger partial charge < -0.3 is 0 Å². The minimum Gasteiger partial charge on any atom is -0.258 e. The van der Waals surface area contributed by atoms with E-state index in [0.29, 0.717) is 10.8 Å². The summed E-state index contributed by atoms with van der Waals surface area (Å²) in [6, 6.07) is 6.37. The van der Waals surface area contributed by atoms with Crippen molar-refractivity contribution in [3.05, 3.63) is 50.8 Å². The van der Waals surface area contributed by atoms with Gasteiger partial charge in [0.05, 0.1) is 16.3 Å². The van der Waals surface area contributed by atoms with Crippen molar-refractivity contribution in [3.8, 4) is 5.69 Å². The molecule has 0 amide bonds. The summed E-state index contributed by atoms with van der Waals surface area (Å²) in [5.74, 6) is 0. The summed E-state index contributed by atoms with van der Waals surface area (Å²) < 4.78 is 1.60. The van der Waals surface area contributed by atoms with Gasteiger partial charge in [0.2, 0.25) is 0 Å². The van der Waals surface area contributed by atoms with Crippen molar-refractivity contribution in [3.63, 3.8) is 0 Å². The van der Waals surface area contributed by atoms with E-state index < -0.39 is 4.92 Å². The van der Waals surface area contributed by atoms with Gasteiger partial charge in [0, 0.05) is 17.7 Å². The molecule has 1 aromatic heterocycles. The molecule has 0 atom stereocenters. The molecule has 98 valence electrons. The molecule has 0 fully saturated rings. The van der Waals surface area contributed by atoms with Crippen LogP contribution < -0.4 is 0 Å². The first-order valence-corrected chi connectivity index (χ1v) is 6.55. The van der Waals surface area contributed by atoms with Crippen LogP contribution >= 0.6 is 11.6 Å². The zero-order valence-electron chi connectivity index (χ0n) is 10.2. The Labute approximate surface area is 115 Å². The van der Waals surface area contributed by atoms with Crippen molar-refractivity contribution in [2.45, 2.75) is 25.7 Å². The van der Waals surface area contributed by atoms with Crippen molar-refractivity contribution >= 4 is 17.3 Å². The second kappa shape index (κ2) is 4.66. The van der Waals surface area contributed by atoms with Gasteiger partial charge in [0.1, 0.15) is 5.15 Å². The molecular formula is C13H12ClN3O2. The average Bonchev–Trinajstić information content (AvgIpc) is 2.77. The Balaban J connectivity index is 2.09. The molecule has 0 radical (unpaired) electrons. The standard InChI is InChI=1S/C13H12ClN3O2/c14-13-11-6-1-2-7-12(11)15-16(13)9-4-3-5-10(8-9)17(18)19/h3-5,8H,1-2,6-7H2. The highest BCUT2D eigenvalue weighted by Crippen LogP contribution is 2.30. The molecule has 1 aliphatic carbocycles. The second-order valence-corrected chi connectivity index (χ2v) is 4.97. The number of non-ortho nitro benzene ring substituents is 1. The number of aromatic nitrogens is 2. The van der Waals surface area contributed by atoms with Crippen LogP contribution in [0.4, 0.5) is 5.69 Å². The number of hydrogen-bond acceptors (Lipinski definition) is 3. The summed E-state index contributed by atoms with van der Waals surface area (Å²) in [5.41, 5.74) is 2.78. The van der Waals surface area contributed by atoms with Crippen LogP contribution in [-0.4, -0.2) is 14.7 Å². The highest BCUT2D eigenvalue weighted by Gasteiger charge is 2.20. The first-order valence-electron chi connectivity index (χ1n) is 6.18. The van der Waals surface area contributed by atoms with Gasteiger partial charge in [0.15, 0.2) is 0 Å². The number of nitrogens with zero attached hydrogens (tertiary/aromatic N) is 3. The number of halogens is 1. The van der Waals surface area contributed by atoms with Gasteiger partial charge >= 0.3 is 0 Å². The van der Waals surface area contributed by atoms with Crippen LogP contribution in [0.3, 0.4) is 0 Å². The summed E-state index contributed by atoms with van der Waals surface area (Å²) in [6.45, 7) is 0. The number of rotatable bonds is 2. The monoisotopic (exact) mass is 277 g/mol. The zero-order valence-corrected chi connectivity index (χ0v) is 10.9. The van der Waals surface area contributed by atoms with Crippen LogP contribution in [0.5, 0.6) is 0 Å². The molecule has 19 heavy (non-hydrogen) atoms. The minimum absolute atomic E-state index is 0.0436. The van der Waals surface area contributed by atoms with Gasteiger partial charge in [-0.2, -0.15) is 5.10 Å². The maximum atomic E-state index is 10.8. The first-order chi connectivity index (χ1) is 9.16. The van der Waals surface area contributed by atoms with E-state index in [4.69, 9.17) is 11.6 Å². The van der Waals surface area contributed by atoms with E-state index in [1.165, 1.54) is 12.1 Å². The number of fused-ring (bicyclic) bond motifs is 1. The number of nitro groups is 1. The highest BCUT2D eigenvalue weighted by atomic mass is 35.5. The fourth-order valence-electron chi connectivity index (χ4n) is 2.42. The van der Waals surface area contributed by atoms with Crippen LogP contribution in [0.2, 0.25) is 5.15 Å². The molecule has 1 aromatic carbocycles. The van der Waals surface area contributed by atoms with Crippen LogP contribution in [0.25, 0.3) is 5.69 Å². The lowest BCUT2D eigenvalue weighted by Gasteiger charge is -2.07. The third kappa shape index (κ3) is 2.10. The summed E-state index contributed by atoms with van der Waals surface area (Å²) in [6.07, 6.45) is 4.10. The van der Waals surface area contributed by atoms with E-state index >= 15 is 0 Å². The molecule has 1 aliphatic rings. The van der Waals surface area contributed by atoms with E-state index in [-0.39, 0.29) is 5.69 Å². The van der Waals surface area contributed by atoms with E-state index in [0.717, 1.165) is 36.9 Å². The fourth-order valence-corrected chi connectivity index (χ4v) is 2.76. The lowest BCUT2D eigenvalue weighted by molar-refractivity contribution is -0.384. The van der Waals surface area contributed by atoms with Crippen molar-refractivity contribution in [2.24, 2.45) is 0 Å². The summed E-state index contributed by atoms with van der Waals surface area (Å²) >= 11 is 6.34. The summed E-state index contributed by atoms with van der Waals surface area (Å²) in [7, 11) is 0. The van der Waals surface area contributed by atoms with Gasteiger partial charge in [-0.1, -0.05) is 17.7 Å². The molecule has 0 saturated heterocycles. The lowest BCUT2D eigenvalue weighted by Crippen LogP contribution is -2.00. The molecule has 0 spiro atoms. The SMILES string of the molecule is O=[N+]([O-])c1cccc(-n2nc3c(c2Cl)CCCC3)c1. The maximum absolute atomic E-state index is 10.8. The van der Waals surface area contributed by atoms with Crippen molar-refractivity contribution < 1.29 is 4.92 Å². The highest BCUT2D eigenvalue weighted by molar-refractivity contribution is 6.30. The Kier molecular flexibility index (Phi) is 2.98. The molecule has 5 nitrogen and oxygen atoms in total. The molecule has 0 N–H and O–H groups in total. The number of aryl methyl sites for hydroxylation is 1. The molecule has 1 heterocycles. The summed E-state index contributed by atoms with van der Waals surface area (Å²) in [5, 5.41) is 15.9. The number of nitro benzene ring substituents is 1. The molecule has 6 heteroatoms. The van der Waals surface area contributed by atoms with Crippen LogP contribution in [0, 0.1) is 10.1 Å². The second-order valence-electron chi connectivity index (χ2n) is 4.61. The predicted molar refractivity (Wildman–Crippen MR) is 71.9 cm³/mol. The third-order valence-corrected chi connectivity index (χ3v) is 3.77. The van der Waals surface area contributed by atoms with E-state index in [9.17, 15) is 10.1 Å². The molecular weight excluding hydrogens is 266 g/mol. The third-order valence-electron chi connectivity index (χ3n) is 3.38. The first kappa shape index (κ1) is 12.2. The average molecular weight is 278 g/mol. The molecule has 0 aliphatic heterocycles. The van der Waals surface area contributed by atoms with Gasteiger partial charge in [-0.3, -0.25) is 10.1 Å². The molecule has 0 bridgehead atoms. The van der Waals surface area contributed by atoms with E-state index in [2.05, 4.69) is 5.10 Å². The maximum Gasteiger partial charge on any atom is 0.271 e. The molecule has 3 rings (SSSR count). The number of hydrogen-bond donors (Lipinski definition) is 0. The molecule has 2 aromatic rings. The minimum atomic E-state index is -0.416. The lowest BCUT2D eigenvalue weighted by atomic mass is 9.99. The Hall–Kier alpha value is -1.88. The topological polar surface area (TPSA) is 61.0 Å². The fraction of sp³-hybridized carbons (Fsp3) is 0.308. The van der Waals surface area contributed by atoms with Gasteiger partial charge in [0.25, 0.3) is 5.69 Å². The molecule has 0 saturated carbocycles. The van der Waals surface area contributed by atoms with Gasteiger partial charge in [-0.15, -0.1) is 0 Å². The van der Waals surface area contributed by atoms with Crippen molar-refractivity contribution in [1.82, 2.24) is 9.78 Å². The number of benzene rings is 1. The van der Waals surface area contributed by atoms with Crippen LogP contribution in [0.1, 0.15) is 24.1 Å². The van der Waals surface area contributed by atoms with E-state index in [1.54, 1.807) is 16.8 Å². The Morgan fingerprint density at radius 1 is 1.32 bits per heavy atom. The summed E-state index contributed by atoms with van der Waals surface area (Å²) in [4.78, 5) is 10.4. The normalized spacial score (nSPS) is 14.2. The quantitative estimate of drug-likeness (QED) is 0.625. The van der Waals surface area contributed by atoms with Crippen molar-refractivity contribution in [1.29, 1.82) is 0 Å². The van der Waals surface area contributed by atoms with Gasteiger partial charge in [-0.25, -0.2) is 4.68 Å². The van der Waals surface area contributed by atoms with Gasteiger partial charge in [-0.05, 0) is 31.7 Å². The van der Waals surface area contributed by atoms with Crippen LogP contribution in [-0.2, 0) is 12.8 Å².